The van der Waals surface area contributed by atoms with E-state index in [4.69, 9.17) is 5.26 Å². The van der Waals surface area contributed by atoms with Crippen molar-refractivity contribution >= 4 is 34.1 Å². The molecule has 1 amide bonds. The minimum atomic E-state index is -0.162. The maximum absolute atomic E-state index is 12.6. The molecule has 0 aliphatic carbocycles. The molecule has 0 aliphatic heterocycles. The zero-order valence-electron chi connectivity index (χ0n) is 15.2. The third-order valence-corrected chi connectivity index (χ3v) is 6.02. The van der Waals surface area contributed by atoms with Gasteiger partial charge in [0, 0.05) is 11.3 Å². The molecule has 1 N–H and O–H groups in total. The Bertz CT molecular complexity index is 996. The number of anilines is 1. The zero-order chi connectivity index (χ0) is 19.4. The van der Waals surface area contributed by atoms with Gasteiger partial charge in [0.25, 0.3) is 5.91 Å². The quantitative estimate of drug-likeness (QED) is 0.493. The van der Waals surface area contributed by atoms with E-state index < -0.39 is 0 Å². The van der Waals surface area contributed by atoms with Crippen molar-refractivity contribution in [2.24, 2.45) is 0 Å². The molecule has 3 aromatic rings. The summed E-state index contributed by atoms with van der Waals surface area (Å²) in [6.07, 6.45) is 0. The van der Waals surface area contributed by atoms with Crippen LogP contribution in [-0.4, -0.2) is 16.1 Å². The highest BCUT2D eigenvalue weighted by Crippen LogP contribution is 2.29. The number of rotatable bonds is 5. The second kappa shape index (κ2) is 8.33. The minimum Gasteiger partial charge on any atom is -0.296 e. The average molecular weight is 395 g/mol. The molecule has 3 rings (SSSR count). The van der Waals surface area contributed by atoms with Crippen molar-refractivity contribution in [1.29, 1.82) is 5.26 Å². The second-order valence-corrected chi connectivity index (χ2v) is 8.40. The normalized spacial score (nSPS) is 10.4. The van der Waals surface area contributed by atoms with E-state index >= 15 is 0 Å². The molecule has 0 aliphatic rings. The Morgan fingerprint density at radius 1 is 1.15 bits per heavy atom. The van der Waals surface area contributed by atoms with Crippen LogP contribution in [0.15, 0.2) is 40.7 Å². The summed E-state index contributed by atoms with van der Waals surface area (Å²) in [5.41, 5.74) is 5.47. The summed E-state index contributed by atoms with van der Waals surface area (Å²) in [5, 5.41) is 20.4. The number of hydrogen-bond acceptors (Lipinski definition) is 6. The topological polar surface area (TPSA) is 78.7 Å². The van der Waals surface area contributed by atoms with Crippen molar-refractivity contribution in [3.8, 4) is 6.07 Å². The third kappa shape index (κ3) is 4.73. The van der Waals surface area contributed by atoms with Crippen LogP contribution in [0.2, 0.25) is 0 Å². The lowest BCUT2D eigenvalue weighted by Crippen LogP contribution is -2.15. The van der Waals surface area contributed by atoms with E-state index in [2.05, 4.69) is 21.6 Å². The molecule has 0 fully saturated rings. The summed E-state index contributed by atoms with van der Waals surface area (Å²) in [5.74, 6) is 0.564. The van der Waals surface area contributed by atoms with Crippen LogP contribution in [-0.2, 0) is 5.75 Å². The molecule has 0 bridgehead atoms. The van der Waals surface area contributed by atoms with E-state index in [1.807, 2.05) is 45.0 Å². The first-order chi connectivity index (χ1) is 13.0. The average Bonchev–Trinajstić information content (AvgIpc) is 3.07. The summed E-state index contributed by atoms with van der Waals surface area (Å²) in [4.78, 5) is 12.6. The predicted octanol–water partition coefficient (Wildman–Crippen LogP) is 4.88. The van der Waals surface area contributed by atoms with Crippen LogP contribution in [0, 0.1) is 32.1 Å². The molecule has 1 heterocycles. The van der Waals surface area contributed by atoms with Gasteiger partial charge in [-0.05, 0) is 49.6 Å². The zero-order valence-corrected chi connectivity index (χ0v) is 16.9. The van der Waals surface area contributed by atoms with E-state index in [9.17, 15) is 4.79 Å². The van der Waals surface area contributed by atoms with Crippen LogP contribution < -0.4 is 5.32 Å². The fourth-order valence-corrected chi connectivity index (χ4v) is 4.54. The molecule has 0 saturated carbocycles. The molecule has 27 heavy (non-hydrogen) atoms. The number of amides is 1. The van der Waals surface area contributed by atoms with Gasteiger partial charge in [0.2, 0.25) is 5.13 Å². The van der Waals surface area contributed by atoms with Gasteiger partial charge in [-0.15, -0.1) is 10.2 Å². The largest absolute Gasteiger partial charge is 0.296 e. The standard InChI is InChI=1S/C20H18N4OS2/c1-12-8-13(2)17(14(3)9-12)18(25)22-19-23-24-20(27-19)26-11-16-6-4-15(10-21)5-7-16/h4-9H,11H2,1-3H3,(H,22,23,25). The van der Waals surface area contributed by atoms with Gasteiger partial charge in [0.05, 0.1) is 11.6 Å². The van der Waals surface area contributed by atoms with Crippen molar-refractivity contribution in [2.45, 2.75) is 30.9 Å². The smallest absolute Gasteiger partial charge is 0.258 e. The highest BCUT2D eigenvalue weighted by atomic mass is 32.2. The first-order valence-corrected chi connectivity index (χ1v) is 10.1. The van der Waals surface area contributed by atoms with Gasteiger partial charge in [-0.25, -0.2) is 0 Å². The van der Waals surface area contributed by atoms with Crippen molar-refractivity contribution < 1.29 is 4.79 Å². The van der Waals surface area contributed by atoms with Gasteiger partial charge in [-0.3, -0.25) is 10.1 Å². The molecule has 0 spiro atoms. The number of nitrogens with one attached hydrogen (secondary N) is 1. The molecular weight excluding hydrogens is 376 g/mol. The number of hydrogen-bond donors (Lipinski definition) is 1. The molecule has 0 atom stereocenters. The van der Waals surface area contributed by atoms with Gasteiger partial charge < -0.3 is 0 Å². The number of thioether (sulfide) groups is 1. The predicted molar refractivity (Wildman–Crippen MR) is 109 cm³/mol. The Labute approximate surface area is 166 Å². The highest BCUT2D eigenvalue weighted by Gasteiger charge is 2.15. The monoisotopic (exact) mass is 394 g/mol. The Hall–Kier alpha value is -2.69. The van der Waals surface area contributed by atoms with Gasteiger partial charge in [0.1, 0.15) is 0 Å². The molecule has 0 unspecified atom stereocenters. The first-order valence-electron chi connectivity index (χ1n) is 8.31. The summed E-state index contributed by atoms with van der Waals surface area (Å²) in [6, 6.07) is 13.6. The van der Waals surface area contributed by atoms with E-state index in [0.29, 0.717) is 16.3 Å². The van der Waals surface area contributed by atoms with Crippen LogP contribution in [0.1, 0.15) is 38.2 Å². The SMILES string of the molecule is Cc1cc(C)c(C(=O)Nc2nnc(SCc3ccc(C#N)cc3)s2)c(C)c1. The number of aryl methyl sites for hydroxylation is 3. The van der Waals surface area contributed by atoms with Crippen LogP contribution in [0.5, 0.6) is 0 Å². The number of carbonyl (C=O) groups excluding carboxylic acids is 1. The summed E-state index contributed by atoms with van der Waals surface area (Å²) >= 11 is 2.90. The highest BCUT2D eigenvalue weighted by molar-refractivity contribution is 8.00. The summed E-state index contributed by atoms with van der Waals surface area (Å²) in [7, 11) is 0. The van der Waals surface area contributed by atoms with Crippen LogP contribution in [0.25, 0.3) is 0 Å². The molecule has 136 valence electrons. The maximum Gasteiger partial charge on any atom is 0.258 e. The molecule has 7 heteroatoms. The van der Waals surface area contributed by atoms with Crippen molar-refractivity contribution in [1.82, 2.24) is 10.2 Å². The van der Waals surface area contributed by atoms with Crippen LogP contribution in [0.4, 0.5) is 5.13 Å². The lowest BCUT2D eigenvalue weighted by atomic mass is 9.99. The Morgan fingerprint density at radius 3 is 2.44 bits per heavy atom. The van der Waals surface area contributed by atoms with E-state index in [0.717, 1.165) is 32.3 Å². The fourth-order valence-electron chi connectivity index (χ4n) is 2.84. The lowest BCUT2D eigenvalue weighted by Gasteiger charge is -2.10. The lowest BCUT2D eigenvalue weighted by molar-refractivity contribution is 0.102. The Morgan fingerprint density at radius 2 is 1.81 bits per heavy atom. The number of benzene rings is 2. The number of nitrogens with zero attached hydrogens (tertiary/aromatic N) is 3. The number of aromatic nitrogens is 2. The molecule has 1 aromatic heterocycles. The van der Waals surface area contributed by atoms with Crippen LogP contribution in [0.3, 0.4) is 0 Å². The Balaban J connectivity index is 1.64. The van der Waals surface area contributed by atoms with Gasteiger partial charge in [-0.1, -0.05) is 52.9 Å². The second-order valence-electron chi connectivity index (χ2n) is 6.20. The minimum absolute atomic E-state index is 0.162. The van der Waals surface area contributed by atoms with E-state index in [1.165, 1.54) is 11.3 Å². The number of carbonyl (C=O) groups is 1. The Kier molecular flexibility index (Phi) is 5.89. The molecule has 5 nitrogen and oxygen atoms in total. The molecule has 0 radical (unpaired) electrons. The molecule has 2 aromatic carbocycles. The van der Waals surface area contributed by atoms with Gasteiger partial charge in [0.15, 0.2) is 4.34 Å². The van der Waals surface area contributed by atoms with Gasteiger partial charge >= 0.3 is 0 Å². The first kappa shape index (κ1) is 19.1. The molecule has 0 saturated heterocycles. The summed E-state index contributed by atoms with van der Waals surface area (Å²) in [6.45, 7) is 5.89. The summed E-state index contributed by atoms with van der Waals surface area (Å²) < 4.78 is 0.784. The molecular formula is C20H18N4OS2. The van der Waals surface area contributed by atoms with Crippen molar-refractivity contribution in [3.05, 3.63) is 69.8 Å². The third-order valence-electron chi connectivity index (χ3n) is 3.98. The van der Waals surface area contributed by atoms with Gasteiger partial charge in [-0.2, -0.15) is 5.26 Å². The van der Waals surface area contributed by atoms with Crippen molar-refractivity contribution in [3.63, 3.8) is 0 Å². The van der Waals surface area contributed by atoms with Crippen LogP contribution >= 0.6 is 23.1 Å². The number of nitriles is 1. The fraction of sp³-hybridized carbons (Fsp3) is 0.200. The van der Waals surface area contributed by atoms with Crippen molar-refractivity contribution in [2.75, 3.05) is 5.32 Å². The van der Waals surface area contributed by atoms with E-state index in [1.54, 1.807) is 23.9 Å². The van der Waals surface area contributed by atoms with E-state index in [-0.39, 0.29) is 5.91 Å². The maximum atomic E-state index is 12.6.